The van der Waals surface area contributed by atoms with Crippen LogP contribution in [0.3, 0.4) is 0 Å². The van der Waals surface area contributed by atoms with Crippen molar-refractivity contribution < 1.29 is 4.39 Å². The minimum absolute atomic E-state index is 0.194. The summed E-state index contributed by atoms with van der Waals surface area (Å²) in [5, 5.41) is 4.00. The van der Waals surface area contributed by atoms with Crippen LogP contribution in [-0.4, -0.2) is 0 Å². The second kappa shape index (κ2) is 4.65. The van der Waals surface area contributed by atoms with Crippen LogP contribution < -0.4 is 5.73 Å². The third kappa shape index (κ3) is 2.19. The van der Waals surface area contributed by atoms with E-state index in [0.29, 0.717) is 5.56 Å². The van der Waals surface area contributed by atoms with Crippen LogP contribution in [0.5, 0.6) is 0 Å². The molecule has 1 aromatic carbocycles. The maximum Gasteiger partial charge on any atom is 0.126 e. The zero-order valence-corrected chi connectivity index (χ0v) is 11.1. The van der Waals surface area contributed by atoms with Gasteiger partial charge in [0.25, 0.3) is 0 Å². The highest BCUT2D eigenvalue weighted by molar-refractivity contribution is 9.10. The van der Waals surface area contributed by atoms with E-state index in [1.165, 1.54) is 6.07 Å². The lowest BCUT2D eigenvalue weighted by Gasteiger charge is -2.12. The Morgan fingerprint density at radius 2 is 2.12 bits per heavy atom. The molecule has 2 N–H and O–H groups in total. The summed E-state index contributed by atoms with van der Waals surface area (Å²) in [5.74, 6) is -0.194. The quantitative estimate of drug-likeness (QED) is 0.891. The van der Waals surface area contributed by atoms with Gasteiger partial charge in [-0.15, -0.1) is 0 Å². The summed E-state index contributed by atoms with van der Waals surface area (Å²) >= 11 is 5.05. The van der Waals surface area contributed by atoms with Crippen LogP contribution in [0.1, 0.15) is 22.7 Å². The minimum Gasteiger partial charge on any atom is -0.320 e. The molecule has 2 aromatic rings. The summed E-state index contributed by atoms with van der Waals surface area (Å²) in [4.78, 5) is 0. The summed E-state index contributed by atoms with van der Waals surface area (Å²) in [6.45, 7) is 1.74. The van der Waals surface area contributed by atoms with E-state index >= 15 is 0 Å². The molecule has 0 radical (unpaired) electrons. The van der Waals surface area contributed by atoms with Gasteiger partial charge >= 0.3 is 0 Å². The van der Waals surface area contributed by atoms with Gasteiger partial charge in [-0.3, -0.25) is 0 Å². The van der Waals surface area contributed by atoms with Crippen LogP contribution in [0.15, 0.2) is 33.4 Å². The first kappa shape index (κ1) is 11.8. The van der Waals surface area contributed by atoms with E-state index in [1.807, 2.05) is 10.8 Å². The molecule has 1 atom stereocenters. The monoisotopic (exact) mass is 299 g/mol. The number of nitrogens with two attached hydrogens (primary N) is 1. The molecule has 0 bridgehead atoms. The number of aryl methyl sites for hydroxylation is 1. The molecule has 1 aromatic heterocycles. The summed E-state index contributed by atoms with van der Waals surface area (Å²) in [6.07, 6.45) is 0. The van der Waals surface area contributed by atoms with Crippen molar-refractivity contribution in [2.45, 2.75) is 13.0 Å². The van der Waals surface area contributed by atoms with Crippen molar-refractivity contribution in [3.05, 3.63) is 55.9 Å². The van der Waals surface area contributed by atoms with Gasteiger partial charge in [-0.1, -0.05) is 12.1 Å². The van der Waals surface area contributed by atoms with Gasteiger partial charge in [0.15, 0.2) is 0 Å². The minimum atomic E-state index is -0.208. The second-order valence-electron chi connectivity index (χ2n) is 3.66. The fourth-order valence-corrected chi connectivity index (χ4v) is 3.13. The van der Waals surface area contributed by atoms with E-state index in [9.17, 15) is 4.39 Å². The van der Waals surface area contributed by atoms with Crippen molar-refractivity contribution in [2.75, 3.05) is 0 Å². The topological polar surface area (TPSA) is 26.0 Å². The fourth-order valence-electron chi connectivity index (χ4n) is 1.55. The lowest BCUT2D eigenvalue weighted by Crippen LogP contribution is -2.11. The summed E-state index contributed by atoms with van der Waals surface area (Å²) in [6, 6.07) is 4.78. The fraction of sp³-hybridized carbons (Fsp3) is 0.167. The largest absolute Gasteiger partial charge is 0.320 e. The summed E-state index contributed by atoms with van der Waals surface area (Å²) in [5.41, 5.74) is 8.73. The zero-order chi connectivity index (χ0) is 11.7. The van der Waals surface area contributed by atoms with Crippen LogP contribution in [0.25, 0.3) is 0 Å². The van der Waals surface area contributed by atoms with Crippen LogP contribution in [0, 0.1) is 12.7 Å². The SMILES string of the molecule is Cc1cc(C(N)c2cscc2Br)ccc1F. The van der Waals surface area contributed by atoms with Crippen molar-refractivity contribution in [1.29, 1.82) is 0 Å². The van der Waals surface area contributed by atoms with Crippen molar-refractivity contribution in [3.63, 3.8) is 0 Å². The molecular weight excluding hydrogens is 289 g/mol. The molecule has 0 aliphatic carbocycles. The third-order valence-corrected chi connectivity index (χ3v) is 4.27. The van der Waals surface area contributed by atoms with Crippen LogP contribution in [-0.2, 0) is 0 Å². The highest BCUT2D eigenvalue weighted by Crippen LogP contribution is 2.30. The standard InChI is InChI=1S/C12H11BrFNS/c1-7-4-8(2-3-11(7)14)12(15)9-5-16-6-10(9)13/h2-6,12H,15H2,1H3. The van der Waals surface area contributed by atoms with Crippen LogP contribution in [0.2, 0.25) is 0 Å². The number of halogens is 2. The lowest BCUT2D eigenvalue weighted by atomic mass is 10.0. The molecule has 1 heterocycles. The molecule has 84 valence electrons. The predicted octanol–water partition coefficient (Wildman–Crippen LogP) is 4.01. The second-order valence-corrected chi connectivity index (χ2v) is 5.26. The van der Waals surface area contributed by atoms with Gasteiger partial charge < -0.3 is 5.73 Å². The molecule has 0 fully saturated rings. The molecular formula is C12H11BrFNS. The first-order valence-electron chi connectivity index (χ1n) is 4.83. The van der Waals surface area contributed by atoms with E-state index in [-0.39, 0.29) is 11.9 Å². The Morgan fingerprint density at radius 1 is 1.38 bits per heavy atom. The molecule has 0 saturated heterocycles. The first-order chi connectivity index (χ1) is 7.59. The Bertz CT molecular complexity index is 509. The Balaban J connectivity index is 2.38. The van der Waals surface area contributed by atoms with Crippen molar-refractivity contribution >= 4 is 27.3 Å². The smallest absolute Gasteiger partial charge is 0.126 e. The normalized spacial score (nSPS) is 12.8. The van der Waals surface area contributed by atoms with Gasteiger partial charge in [0.05, 0.1) is 6.04 Å². The molecule has 0 aliphatic rings. The maximum atomic E-state index is 13.1. The van der Waals surface area contributed by atoms with E-state index < -0.39 is 0 Å². The zero-order valence-electron chi connectivity index (χ0n) is 8.71. The maximum absolute atomic E-state index is 13.1. The number of rotatable bonds is 2. The summed E-state index contributed by atoms with van der Waals surface area (Å²) < 4.78 is 14.1. The van der Waals surface area contributed by atoms with Gasteiger partial charge in [-0.2, -0.15) is 11.3 Å². The average molecular weight is 300 g/mol. The van der Waals surface area contributed by atoms with Crippen LogP contribution >= 0.6 is 27.3 Å². The Labute approximate surface area is 106 Å². The van der Waals surface area contributed by atoms with Crippen LogP contribution in [0.4, 0.5) is 4.39 Å². The molecule has 0 aliphatic heterocycles. The van der Waals surface area contributed by atoms with Gasteiger partial charge in [0.1, 0.15) is 5.82 Å². The molecule has 2 rings (SSSR count). The third-order valence-electron chi connectivity index (χ3n) is 2.52. The molecule has 0 amide bonds. The number of hydrogen-bond donors (Lipinski definition) is 1. The highest BCUT2D eigenvalue weighted by atomic mass is 79.9. The molecule has 1 unspecified atom stereocenters. The molecule has 0 spiro atoms. The first-order valence-corrected chi connectivity index (χ1v) is 6.56. The number of benzene rings is 1. The Kier molecular flexibility index (Phi) is 3.42. The Morgan fingerprint density at radius 3 is 2.69 bits per heavy atom. The van der Waals surface area contributed by atoms with Gasteiger partial charge in [-0.05, 0) is 51.0 Å². The van der Waals surface area contributed by atoms with Crippen molar-refractivity contribution in [2.24, 2.45) is 5.73 Å². The van der Waals surface area contributed by atoms with E-state index in [1.54, 1.807) is 30.4 Å². The van der Waals surface area contributed by atoms with E-state index in [4.69, 9.17) is 5.73 Å². The number of thiophene rings is 1. The predicted molar refractivity (Wildman–Crippen MR) is 69.2 cm³/mol. The molecule has 16 heavy (non-hydrogen) atoms. The van der Waals surface area contributed by atoms with Gasteiger partial charge in [-0.25, -0.2) is 4.39 Å². The summed E-state index contributed by atoms with van der Waals surface area (Å²) in [7, 11) is 0. The van der Waals surface area contributed by atoms with Gasteiger partial charge in [0, 0.05) is 9.85 Å². The average Bonchev–Trinajstić information content (AvgIpc) is 2.67. The van der Waals surface area contributed by atoms with Crippen molar-refractivity contribution in [1.82, 2.24) is 0 Å². The van der Waals surface area contributed by atoms with Gasteiger partial charge in [0.2, 0.25) is 0 Å². The molecule has 0 saturated carbocycles. The highest BCUT2D eigenvalue weighted by Gasteiger charge is 2.13. The molecule has 1 nitrogen and oxygen atoms in total. The lowest BCUT2D eigenvalue weighted by molar-refractivity contribution is 0.617. The van der Waals surface area contributed by atoms with E-state index in [2.05, 4.69) is 15.9 Å². The number of hydrogen-bond acceptors (Lipinski definition) is 2. The Hall–Kier alpha value is -0.710. The van der Waals surface area contributed by atoms with Crippen molar-refractivity contribution in [3.8, 4) is 0 Å². The van der Waals surface area contributed by atoms with E-state index in [0.717, 1.165) is 15.6 Å². The molecule has 4 heteroatoms.